The van der Waals surface area contributed by atoms with Crippen LogP contribution in [0.2, 0.25) is 0 Å². The monoisotopic (exact) mass is 476 g/mol. The standard InChI is InChI=1S/C26H40N2O6/c1-24(2,3)21-28(23(31)32-17-18-12-10-9-11-13-18)19(20(29)33-21)16-26(7,8)14-15-27-22(30)34-25(4,5)6/h9-13,19,21H,14-17H2,1-8H3,(H,27,30)/t19-,21-/m0/s1. The van der Waals surface area contributed by atoms with E-state index in [1.165, 1.54) is 4.90 Å². The summed E-state index contributed by atoms with van der Waals surface area (Å²) in [5.41, 5.74) is -0.572. The molecule has 0 bridgehead atoms. The summed E-state index contributed by atoms with van der Waals surface area (Å²) in [6.45, 7) is 15.6. The second-order valence-electron chi connectivity index (χ2n) is 11.7. The number of nitrogens with one attached hydrogen (secondary N) is 1. The lowest BCUT2D eigenvalue weighted by Crippen LogP contribution is -2.49. The first kappa shape index (κ1) is 27.5. The Kier molecular flexibility index (Phi) is 8.61. The fraction of sp³-hybridized carbons (Fsp3) is 0.654. The number of carbonyl (C=O) groups is 3. The molecule has 1 aliphatic rings. The first-order chi connectivity index (χ1) is 15.6. The zero-order chi connectivity index (χ0) is 25.7. The van der Waals surface area contributed by atoms with Gasteiger partial charge in [-0.15, -0.1) is 0 Å². The molecule has 0 aliphatic carbocycles. The van der Waals surface area contributed by atoms with Gasteiger partial charge in [-0.1, -0.05) is 65.0 Å². The predicted octanol–water partition coefficient (Wildman–Crippen LogP) is 5.25. The van der Waals surface area contributed by atoms with Gasteiger partial charge in [-0.05, 0) is 44.6 Å². The van der Waals surface area contributed by atoms with Crippen molar-refractivity contribution in [3.63, 3.8) is 0 Å². The fourth-order valence-corrected chi connectivity index (χ4v) is 3.76. The molecule has 1 fully saturated rings. The summed E-state index contributed by atoms with van der Waals surface area (Å²) in [5.74, 6) is -0.440. The highest BCUT2D eigenvalue weighted by molar-refractivity contribution is 5.84. The average molecular weight is 477 g/mol. The normalized spacial score (nSPS) is 18.9. The van der Waals surface area contributed by atoms with E-state index in [-0.39, 0.29) is 12.0 Å². The van der Waals surface area contributed by atoms with E-state index in [1.54, 1.807) is 20.8 Å². The maximum Gasteiger partial charge on any atom is 0.413 e. The van der Waals surface area contributed by atoms with E-state index in [9.17, 15) is 14.4 Å². The second-order valence-corrected chi connectivity index (χ2v) is 11.7. The molecular weight excluding hydrogens is 436 g/mol. The number of hydrogen-bond acceptors (Lipinski definition) is 6. The number of esters is 1. The van der Waals surface area contributed by atoms with Crippen molar-refractivity contribution in [2.45, 2.75) is 92.7 Å². The zero-order valence-corrected chi connectivity index (χ0v) is 21.8. The Hall–Kier alpha value is -2.77. The van der Waals surface area contributed by atoms with Crippen molar-refractivity contribution < 1.29 is 28.6 Å². The van der Waals surface area contributed by atoms with E-state index in [0.29, 0.717) is 19.4 Å². The molecule has 2 rings (SSSR count). The molecule has 2 amide bonds. The second kappa shape index (κ2) is 10.7. The van der Waals surface area contributed by atoms with Gasteiger partial charge in [-0.2, -0.15) is 0 Å². The number of amides is 2. The molecule has 1 aliphatic heterocycles. The molecule has 0 spiro atoms. The van der Waals surface area contributed by atoms with Gasteiger partial charge in [0.25, 0.3) is 0 Å². The van der Waals surface area contributed by atoms with Crippen LogP contribution in [0.3, 0.4) is 0 Å². The fourth-order valence-electron chi connectivity index (χ4n) is 3.76. The van der Waals surface area contributed by atoms with Crippen molar-refractivity contribution in [3.05, 3.63) is 35.9 Å². The third-order valence-electron chi connectivity index (χ3n) is 5.46. The summed E-state index contributed by atoms with van der Waals surface area (Å²) in [4.78, 5) is 39.4. The van der Waals surface area contributed by atoms with Crippen LogP contribution >= 0.6 is 0 Å². The molecule has 1 aromatic carbocycles. The van der Waals surface area contributed by atoms with Crippen molar-refractivity contribution in [1.29, 1.82) is 0 Å². The molecule has 1 N–H and O–H groups in total. The number of rotatable bonds is 7. The van der Waals surface area contributed by atoms with Crippen LogP contribution in [0, 0.1) is 10.8 Å². The molecule has 1 aromatic rings. The summed E-state index contributed by atoms with van der Waals surface area (Å²) in [7, 11) is 0. The highest BCUT2D eigenvalue weighted by Gasteiger charge is 2.51. The van der Waals surface area contributed by atoms with Gasteiger partial charge in [0.1, 0.15) is 18.2 Å². The summed E-state index contributed by atoms with van der Waals surface area (Å²) in [5, 5.41) is 2.75. The van der Waals surface area contributed by atoms with Crippen LogP contribution in [-0.4, -0.2) is 47.5 Å². The number of alkyl carbamates (subject to hydrolysis) is 1. The van der Waals surface area contributed by atoms with Crippen molar-refractivity contribution >= 4 is 18.2 Å². The van der Waals surface area contributed by atoms with Crippen LogP contribution in [-0.2, 0) is 25.6 Å². The largest absolute Gasteiger partial charge is 0.444 e. The number of hydrogen-bond donors (Lipinski definition) is 1. The van der Waals surface area contributed by atoms with E-state index < -0.39 is 41.4 Å². The summed E-state index contributed by atoms with van der Waals surface area (Å²) in [6.07, 6.45) is -0.841. The molecule has 1 heterocycles. The van der Waals surface area contributed by atoms with E-state index in [1.807, 2.05) is 65.0 Å². The first-order valence-corrected chi connectivity index (χ1v) is 11.8. The van der Waals surface area contributed by atoms with Gasteiger partial charge in [0.05, 0.1) is 0 Å². The van der Waals surface area contributed by atoms with Crippen LogP contribution < -0.4 is 5.32 Å². The molecule has 190 valence electrons. The Labute approximate surface area is 203 Å². The van der Waals surface area contributed by atoms with Crippen LogP contribution in [0.15, 0.2) is 30.3 Å². The first-order valence-electron chi connectivity index (χ1n) is 11.8. The van der Waals surface area contributed by atoms with E-state index in [4.69, 9.17) is 14.2 Å². The quantitative estimate of drug-likeness (QED) is 0.426. The lowest BCUT2D eigenvalue weighted by molar-refractivity contribution is -0.147. The molecule has 34 heavy (non-hydrogen) atoms. The topological polar surface area (TPSA) is 94.2 Å². The Bertz CT molecular complexity index is 854. The minimum absolute atomic E-state index is 0.108. The van der Waals surface area contributed by atoms with E-state index in [2.05, 4.69) is 5.32 Å². The molecule has 2 atom stereocenters. The van der Waals surface area contributed by atoms with Gasteiger partial charge in [0, 0.05) is 12.0 Å². The van der Waals surface area contributed by atoms with Crippen LogP contribution in [0.4, 0.5) is 9.59 Å². The van der Waals surface area contributed by atoms with Gasteiger partial charge in [-0.3, -0.25) is 4.90 Å². The molecule has 8 nitrogen and oxygen atoms in total. The minimum atomic E-state index is -0.774. The third-order valence-corrected chi connectivity index (χ3v) is 5.46. The van der Waals surface area contributed by atoms with Crippen LogP contribution in [0.25, 0.3) is 0 Å². The molecule has 8 heteroatoms. The smallest absolute Gasteiger partial charge is 0.413 e. The highest BCUT2D eigenvalue weighted by Crippen LogP contribution is 2.38. The third kappa shape index (κ3) is 8.22. The van der Waals surface area contributed by atoms with Crippen molar-refractivity contribution in [3.8, 4) is 0 Å². The predicted molar refractivity (Wildman–Crippen MR) is 129 cm³/mol. The summed E-state index contributed by atoms with van der Waals surface area (Å²) in [6, 6.07) is 8.62. The highest BCUT2D eigenvalue weighted by atomic mass is 16.6. The van der Waals surface area contributed by atoms with Crippen molar-refractivity contribution in [1.82, 2.24) is 10.2 Å². The molecular formula is C26H40N2O6. The zero-order valence-electron chi connectivity index (χ0n) is 21.8. The number of carbonyl (C=O) groups excluding carboxylic acids is 3. The lowest BCUT2D eigenvalue weighted by Gasteiger charge is -2.35. The van der Waals surface area contributed by atoms with Crippen molar-refractivity contribution in [2.24, 2.45) is 10.8 Å². The minimum Gasteiger partial charge on any atom is -0.444 e. The van der Waals surface area contributed by atoms with Crippen LogP contribution in [0.1, 0.15) is 73.8 Å². The van der Waals surface area contributed by atoms with Gasteiger partial charge >= 0.3 is 18.2 Å². The number of nitrogens with zero attached hydrogens (tertiary/aromatic N) is 1. The maximum atomic E-state index is 13.2. The molecule has 0 saturated carbocycles. The van der Waals surface area contributed by atoms with Crippen LogP contribution in [0.5, 0.6) is 0 Å². The molecule has 0 radical (unpaired) electrons. The average Bonchev–Trinajstić information content (AvgIpc) is 3.01. The van der Waals surface area contributed by atoms with Crippen molar-refractivity contribution in [2.75, 3.05) is 6.54 Å². The number of ether oxygens (including phenoxy) is 3. The molecule has 0 aromatic heterocycles. The molecule has 0 unspecified atom stereocenters. The van der Waals surface area contributed by atoms with Gasteiger partial charge in [-0.25, -0.2) is 14.4 Å². The Morgan fingerprint density at radius 1 is 1.03 bits per heavy atom. The summed E-state index contributed by atoms with van der Waals surface area (Å²) >= 11 is 0. The van der Waals surface area contributed by atoms with Gasteiger partial charge in [0.2, 0.25) is 0 Å². The van der Waals surface area contributed by atoms with E-state index >= 15 is 0 Å². The number of benzene rings is 1. The number of cyclic esters (lactones) is 1. The van der Waals surface area contributed by atoms with Gasteiger partial charge < -0.3 is 19.5 Å². The molecule has 1 saturated heterocycles. The summed E-state index contributed by atoms with van der Waals surface area (Å²) < 4.78 is 16.5. The maximum absolute atomic E-state index is 13.2. The van der Waals surface area contributed by atoms with E-state index in [0.717, 1.165) is 5.56 Å². The Balaban J connectivity index is 2.07. The Morgan fingerprint density at radius 2 is 1.65 bits per heavy atom. The van der Waals surface area contributed by atoms with Gasteiger partial charge in [0.15, 0.2) is 6.23 Å². The lowest BCUT2D eigenvalue weighted by atomic mass is 9.82. The Morgan fingerprint density at radius 3 is 2.21 bits per heavy atom. The SMILES string of the molecule is CC(C)(CCNC(=O)OC(C)(C)C)C[C@H]1C(=O)O[C@@H](C(C)(C)C)N1C(=O)OCc1ccccc1.